The molecule has 0 N–H and O–H groups in total. The van der Waals surface area contributed by atoms with Crippen LogP contribution in [0.1, 0.15) is 18.9 Å². The van der Waals surface area contributed by atoms with E-state index in [4.69, 9.17) is 4.74 Å². The van der Waals surface area contributed by atoms with Crippen LogP contribution in [-0.2, 0) is 6.54 Å². The van der Waals surface area contributed by atoms with Gasteiger partial charge in [0.15, 0.2) is 82.5 Å². The molecule has 0 atom stereocenters. The predicted octanol–water partition coefficient (Wildman–Crippen LogP) is 8.05. The lowest BCUT2D eigenvalue weighted by molar-refractivity contribution is -0.689. The molecule has 5 aromatic carbocycles. The number of benzene rings is 5. The van der Waals surface area contributed by atoms with Gasteiger partial charge in [-0.2, -0.15) is 4.57 Å². The normalized spacial score (nSPS) is 11.5. The van der Waals surface area contributed by atoms with Gasteiger partial charge in [-0.1, -0.05) is 37.3 Å². The average Bonchev–Trinajstić information content (AvgIpc) is 3.26. The zero-order valence-electron chi connectivity index (χ0n) is 30.2. The van der Waals surface area contributed by atoms with Crippen molar-refractivity contribution in [1.29, 1.82) is 0 Å². The molecule has 0 saturated carbocycles. The standard InChI is InChI=1S/C24BF20.C14H17N2O/c26-5-1(6(27)14(35)21(42)13(5)34)25(2-7(28)15(36)22(43)16(37)8(2)29,3-9(30)17(38)23(44)18(39)10(3)31)4-11(32)19(40)24(45)20(41)12(4)33;1-2-10-17-14-12-16(9-8-15-14)11-13-6-4-3-5-7-13/h;3-9,12H,2,10-11H2,1H3/q-1;+1. The fourth-order valence-electron chi connectivity index (χ4n) is 6.46. The number of nitrogens with zero attached hydrogens (tertiary/aromatic N) is 2. The van der Waals surface area contributed by atoms with Gasteiger partial charge in [0.2, 0.25) is 6.20 Å². The zero-order chi connectivity index (χ0) is 46.3. The van der Waals surface area contributed by atoms with Gasteiger partial charge in [0.25, 0.3) is 5.88 Å². The number of rotatable bonds is 9. The van der Waals surface area contributed by atoms with E-state index in [2.05, 4.69) is 28.6 Å². The van der Waals surface area contributed by atoms with E-state index in [-0.39, 0.29) is 0 Å². The lowest BCUT2D eigenvalue weighted by atomic mass is 9.12. The van der Waals surface area contributed by atoms with Gasteiger partial charge in [-0.3, -0.25) is 0 Å². The van der Waals surface area contributed by atoms with E-state index < -0.39 is 144 Å². The van der Waals surface area contributed by atoms with Crippen LogP contribution in [0.15, 0.2) is 48.9 Å². The van der Waals surface area contributed by atoms with Crippen LogP contribution in [0.2, 0.25) is 0 Å². The summed E-state index contributed by atoms with van der Waals surface area (Å²) in [5.74, 6) is -70.7. The van der Waals surface area contributed by atoms with Crippen molar-refractivity contribution in [2.24, 2.45) is 0 Å². The maximum atomic E-state index is 15.4. The van der Waals surface area contributed by atoms with Crippen LogP contribution in [0.25, 0.3) is 0 Å². The second-order valence-corrected chi connectivity index (χ2v) is 12.7. The van der Waals surface area contributed by atoms with Gasteiger partial charge < -0.3 is 4.74 Å². The first-order valence-corrected chi connectivity index (χ1v) is 16.8. The highest BCUT2D eigenvalue weighted by molar-refractivity contribution is 7.20. The Morgan fingerprint density at radius 1 is 0.435 bits per heavy atom. The summed E-state index contributed by atoms with van der Waals surface area (Å²) in [4.78, 5) is 4.18. The van der Waals surface area contributed by atoms with E-state index >= 15 is 35.1 Å². The monoisotopic (exact) mass is 908 g/mol. The van der Waals surface area contributed by atoms with Gasteiger partial charge in [0, 0.05) is 5.56 Å². The molecule has 0 saturated heterocycles. The van der Waals surface area contributed by atoms with Crippen LogP contribution in [0.4, 0.5) is 87.8 Å². The third kappa shape index (κ3) is 7.62. The lowest BCUT2D eigenvalue weighted by Gasteiger charge is -2.44. The van der Waals surface area contributed by atoms with E-state index in [0.717, 1.165) is 13.0 Å². The maximum absolute atomic E-state index is 15.4. The largest absolute Gasteiger partial charge is 0.473 e. The number of hydrogen-bond donors (Lipinski definition) is 0. The number of hydrogen-bond acceptors (Lipinski definition) is 2. The Hall–Kier alpha value is -6.36. The summed E-state index contributed by atoms with van der Waals surface area (Å²) >= 11 is 0. The Kier molecular flexibility index (Phi) is 13.5. The topological polar surface area (TPSA) is 26.0 Å². The number of halogens is 20. The molecule has 0 spiro atoms. The summed E-state index contributed by atoms with van der Waals surface area (Å²) in [6.07, 6.45) is -0.567. The van der Waals surface area contributed by atoms with Crippen LogP contribution < -0.4 is 31.2 Å². The molecule has 6 aromatic rings. The summed E-state index contributed by atoms with van der Waals surface area (Å²) < 4.78 is 302. The van der Waals surface area contributed by atoms with Gasteiger partial charge in [-0.05, 0) is 6.42 Å². The Morgan fingerprint density at radius 2 is 0.726 bits per heavy atom. The van der Waals surface area contributed by atoms with Crippen molar-refractivity contribution in [2.45, 2.75) is 19.9 Å². The van der Waals surface area contributed by atoms with E-state index in [1.807, 2.05) is 30.6 Å². The zero-order valence-corrected chi connectivity index (χ0v) is 30.2. The molecule has 62 heavy (non-hydrogen) atoms. The highest BCUT2D eigenvalue weighted by Gasteiger charge is 2.52. The lowest BCUT2D eigenvalue weighted by Crippen LogP contribution is -2.81. The minimum absolute atomic E-state index is 0.685. The highest BCUT2D eigenvalue weighted by atomic mass is 19.2. The Morgan fingerprint density at radius 3 is 1.02 bits per heavy atom. The molecular weight excluding hydrogens is 891 g/mol. The van der Waals surface area contributed by atoms with Crippen molar-refractivity contribution in [3.05, 3.63) is 171 Å². The van der Waals surface area contributed by atoms with Crippen molar-refractivity contribution in [3.8, 4) is 5.88 Å². The molecule has 0 aliphatic carbocycles. The van der Waals surface area contributed by atoms with E-state index in [1.165, 1.54) is 5.56 Å². The van der Waals surface area contributed by atoms with Crippen LogP contribution >= 0.6 is 0 Å². The minimum atomic E-state index is -7.22. The molecule has 24 heteroatoms. The van der Waals surface area contributed by atoms with Crippen molar-refractivity contribution >= 4 is 28.0 Å². The first-order chi connectivity index (χ1) is 29.1. The van der Waals surface area contributed by atoms with Crippen LogP contribution in [0.5, 0.6) is 5.88 Å². The van der Waals surface area contributed by atoms with Crippen LogP contribution in [-0.4, -0.2) is 17.7 Å². The van der Waals surface area contributed by atoms with Crippen molar-refractivity contribution < 1.29 is 97.1 Å². The Balaban J connectivity index is 0.000000355. The van der Waals surface area contributed by atoms with Gasteiger partial charge >= 0.3 is 0 Å². The third-order valence-corrected chi connectivity index (χ3v) is 9.11. The average molecular weight is 908 g/mol. The van der Waals surface area contributed by atoms with Crippen molar-refractivity contribution in [1.82, 2.24) is 4.98 Å². The Bertz CT molecular complexity index is 2340. The molecule has 6 rings (SSSR count). The smallest absolute Gasteiger partial charge is 0.279 e. The third-order valence-electron chi connectivity index (χ3n) is 9.11. The highest BCUT2D eigenvalue weighted by Crippen LogP contribution is 2.30. The van der Waals surface area contributed by atoms with Gasteiger partial charge in [0.05, 0.1) is 12.8 Å². The fourth-order valence-corrected chi connectivity index (χ4v) is 6.46. The molecular formula is C38H17BF20N2O. The summed E-state index contributed by atoms with van der Waals surface area (Å²) in [6.45, 7) is 3.63. The van der Waals surface area contributed by atoms with E-state index in [9.17, 15) is 52.7 Å². The molecule has 0 aliphatic heterocycles. The van der Waals surface area contributed by atoms with Crippen LogP contribution in [0.3, 0.4) is 0 Å². The first kappa shape index (κ1) is 46.7. The van der Waals surface area contributed by atoms with Gasteiger partial charge in [-0.25, -0.2) is 92.8 Å². The van der Waals surface area contributed by atoms with Gasteiger partial charge in [0.1, 0.15) is 52.7 Å². The summed E-state index contributed by atoms with van der Waals surface area (Å²) in [5, 5.41) is 0. The molecule has 3 nitrogen and oxygen atoms in total. The second-order valence-electron chi connectivity index (χ2n) is 12.7. The molecule has 0 unspecified atom stereocenters. The summed E-state index contributed by atoms with van der Waals surface area (Å²) in [7, 11) is 0. The first-order valence-electron chi connectivity index (χ1n) is 16.8. The molecule has 0 aliphatic rings. The van der Waals surface area contributed by atoms with Crippen LogP contribution in [0, 0.1) is 116 Å². The SMILES string of the molecule is CCCOc1c[n+](Cc2ccccc2)ccn1.Fc1c(F)c(F)c([B-](c2c(F)c(F)c(F)c(F)c2F)(c2c(F)c(F)c(F)c(F)c2F)c2c(F)c(F)c(F)c(F)c2F)c(F)c1F. The van der Waals surface area contributed by atoms with Crippen molar-refractivity contribution in [2.75, 3.05) is 6.61 Å². The molecule has 0 amide bonds. The number of ether oxygens (including phenoxy) is 1. The van der Waals surface area contributed by atoms with Gasteiger partial charge in [-0.15, -0.1) is 21.9 Å². The quantitative estimate of drug-likeness (QED) is 0.0483. The predicted molar refractivity (Wildman–Crippen MR) is 175 cm³/mol. The second kappa shape index (κ2) is 17.9. The molecule has 1 heterocycles. The maximum Gasteiger partial charge on any atom is 0.279 e. The molecule has 0 bridgehead atoms. The Labute approximate surface area is 333 Å². The van der Waals surface area contributed by atoms with E-state index in [0.29, 0.717) is 12.5 Å². The molecule has 0 fully saturated rings. The fraction of sp³-hybridized carbons (Fsp3) is 0.105. The molecule has 328 valence electrons. The summed E-state index contributed by atoms with van der Waals surface area (Å²) in [6, 6.07) is 10.3. The summed E-state index contributed by atoms with van der Waals surface area (Å²) in [5.41, 5.74) is -13.1. The number of aromatic nitrogens is 2. The van der Waals surface area contributed by atoms with Crippen molar-refractivity contribution in [3.63, 3.8) is 0 Å². The molecule has 0 radical (unpaired) electrons. The molecule has 1 aromatic heterocycles. The minimum Gasteiger partial charge on any atom is -0.473 e. The van der Waals surface area contributed by atoms with E-state index in [1.54, 1.807) is 6.20 Å².